The molecule has 2 bridgehead atoms. The van der Waals surface area contributed by atoms with Crippen molar-refractivity contribution in [2.45, 2.75) is 38.6 Å². The van der Waals surface area contributed by atoms with Crippen molar-refractivity contribution in [3.05, 3.63) is 29.6 Å². The number of fused-ring (bicyclic) bond motifs is 2. The van der Waals surface area contributed by atoms with Gasteiger partial charge in [0.2, 0.25) is 0 Å². The summed E-state index contributed by atoms with van der Waals surface area (Å²) in [4.78, 5) is 0.243. The van der Waals surface area contributed by atoms with Crippen LogP contribution in [0.15, 0.2) is 18.2 Å². The smallest absolute Gasteiger partial charge is 0.124 e. The van der Waals surface area contributed by atoms with E-state index >= 15 is 0 Å². The van der Waals surface area contributed by atoms with Gasteiger partial charge in [-0.3, -0.25) is 0 Å². The molecule has 1 aromatic rings. The predicted molar refractivity (Wildman–Crippen MR) is 84.3 cm³/mol. The number of anilines is 1. The summed E-state index contributed by atoms with van der Waals surface area (Å²) in [5, 5.41) is 3.51. The van der Waals surface area contributed by atoms with Crippen LogP contribution in [0.3, 0.4) is 0 Å². The lowest BCUT2D eigenvalue weighted by Crippen LogP contribution is -2.30. The molecule has 0 aromatic heterocycles. The van der Waals surface area contributed by atoms with E-state index in [9.17, 15) is 4.39 Å². The van der Waals surface area contributed by atoms with Crippen LogP contribution in [0.1, 0.15) is 38.2 Å². The molecule has 2 fully saturated rings. The summed E-state index contributed by atoms with van der Waals surface area (Å²) in [6.45, 7) is 2.22. The van der Waals surface area contributed by atoms with Crippen molar-refractivity contribution < 1.29 is 4.39 Å². The van der Waals surface area contributed by atoms with Gasteiger partial charge in [0.05, 0.1) is 0 Å². The summed E-state index contributed by atoms with van der Waals surface area (Å²) in [5.74, 6) is 2.21. The second kappa shape index (κ2) is 5.32. The molecule has 2 nitrogen and oxygen atoms in total. The third kappa shape index (κ3) is 2.53. The predicted octanol–water partition coefficient (Wildman–Crippen LogP) is 3.70. The molecule has 0 aliphatic heterocycles. The molecular weight excluding hydrogens is 271 g/mol. The van der Waals surface area contributed by atoms with E-state index in [2.05, 4.69) is 12.2 Å². The number of hydrogen-bond donors (Lipinski definition) is 2. The van der Waals surface area contributed by atoms with Crippen LogP contribution in [0, 0.1) is 23.6 Å². The highest BCUT2D eigenvalue weighted by molar-refractivity contribution is 7.80. The molecule has 0 saturated heterocycles. The second-order valence-corrected chi connectivity index (χ2v) is 6.77. The largest absolute Gasteiger partial charge is 0.389 e. The lowest BCUT2D eigenvalue weighted by Gasteiger charge is -2.30. The standard InChI is InChI=1S/C16H21FN2S/c1-9(13-7-10-2-3-11(13)6-10)19-15-5-4-12(17)8-14(15)16(18)20/h4-5,8-11,13,19H,2-3,6-7H2,1H3,(H2,18,20). The molecule has 4 atom stereocenters. The van der Waals surface area contributed by atoms with Gasteiger partial charge in [-0.05, 0) is 62.1 Å². The SMILES string of the molecule is CC(Nc1ccc(F)cc1C(N)=S)C1CC2CCC1C2. The Hall–Kier alpha value is -1.16. The van der Waals surface area contributed by atoms with Crippen molar-refractivity contribution in [1.82, 2.24) is 0 Å². The van der Waals surface area contributed by atoms with Crippen molar-refractivity contribution in [2.75, 3.05) is 5.32 Å². The van der Waals surface area contributed by atoms with E-state index in [-0.39, 0.29) is 10.8 Å². The number of thiocarbonyl (C=S) groups is 1. The normalized spacial score (nSPS) is 29.4. The zero-order valence-corrected chi connectivity index (χ0v) is 12.5. The van der Waals surface area contributed by atoms with E-state index in [1.54, 1.807) is 6.07 Å². The summed E-state index contributed by atoms with van der Waals surface area (Å²) in [6, 6.07) is 4.99. The first-order chi connectivity index (χ1) is 9.54. The second-order valence-electron chi connectivity index (χ2n) is 6.33. The van der Waals surface area contributed by atoms with Crippen LogP contribution >= 0.6 is 12.2 Å². The quantitative estimate of drug-likeness (QED) is 0.831. The van der Waals surface area contributed by atoms with Crippen LogP contribution < -0.4 is 11.1 Å². The molecule has 0 radical (unpaired) electrons. The lowest BCUT2D eigenvalue weighted by molar-refractivity contribution is 0.304. The van der Waals surface area contributed by atoms with Gasteiger partial charge in [0.1, 0.15) is 10.8 Å². The molecule has 0 amide bonds. The van der Waals surface area contributed by atoms with Gasteiger partial charge in [-0.15, -0.1) is 0 Å². The van der Waals surface area contributed by atoms with Gasteiger partial charge in [0, 0.05) is 17.3 Å². The Labute approximate surface area is 124 Å². The zero-order chi connectivity index (χ0) is 14.3. The average molecular weight is 292 g/mol. The van der Waals surface area contributed by atoms with Crippen LogP contribution in [0.5, 0.6) is 0 Å². The number of hydrogen-bond acceptors (Lipinski definition) is 2. The van der Waals surface area contributed by atoms with Crippen molar-refractivity contribution in [1.29, 1.82) is 0 Å². The highest BCUT2D eigenvalue weighted by Crippen LogP contribution is 2.49. The highest BCUT2D eigenvalue weighted by Gasteiger charge is 2.41. The van der Waals surface area contributed by atoms with Crippen LogP contribution in [-0.2, 0) is 0 Å². The number of benzene rings is 1. The third-order valence-corrected chi connectivity index (χ3v) is 5.29. The van der Waals surface area contributed by atoms with E-state index in [0.29, 0.717) is 11.6 Å². The van der Waals surface area contributed by atoms with E-state index < -0.39 is 0 Å². The zero-order valence-electron chi connectivity index (χ0n) is 11.7. The molecular formula is C16H21FN2S. The van der Waals surface area contributed by atoms with Gasteiger partial charge in [-0.25, -0.2) is 4.39 Å². The summed E-state index contributed by atoms with van der Waals surface area (Å²) >= 11 is 5.02. The Morgan fingerprint density at radius 1 is 1.40 bits per heavy atom. The van der Waals surface area contributed by atoms with Gasteiger partial charge in [-0.1, -0.05) is 18.6 Å². The number of halogens is 1. The molecule has 2 saturated carbocycles. The maximum atomic E-state index is 13.3. The van der Waals surface area contributed by atoms with Gasteiger partial charge in [0.25, 0.3) is 0 Å². The van der Waals surface area contributed by atoms with E-state index in [4.69, 9.17) is 18.0 Å². The topological polar surface area (TPSA) is 38.0 Å². The van der Waals surface area contributed by atoms with E-state index in [1.807, 2.05) is 0 Å². The molecule has 0 spiro atoms. The third-order valence-electron chi connectivity index (χ3n) is 5.07. The number of rotatable bonds is 4. The van der Waals surface area contributed by atoms with Crippen LogP contribution in [0.4, 0.5) is 10.1 Å². The van der Waals surface area contributed by atoms with Crippen molar-refractivity contribution in [3.8, 4) is 0 Å². The minimum absolute atomic E-state index is 0.243. The fraction of sp³-hybridized carbons (Fsp3) is 0.562. The van der Waals surface area contributed by atoms with Crippen molar-refractivity contribution in [3.63, 3.8) is 0 Å². The van der Waals surface area contributed by atoms with Crippen LogP contribution in [0.2, 0.25) is 0 Å². The van der Waals surface area contributed by atoms with Crippen molar-refractivity contribution in [2.24, 2.45) is 23.5 Å². The molecule has 2 aliphatic rings. The lowest BCUT2D eigenvalue weighted by atomic mass is 9.84. The van der Waals surface area contributed by atoms with Crippen LogP contribution in [-0.4, -0.2) is 11.0 Å². The molecule has 0 heterocycles. The first-order valence-corrected chi connectivity index (χ1v) is 7.81. The van der Waals surface area contributed by atoms with E-state index in [1.165, 1.54) is 37.8 Å². The molecule has 3 rings (SSSR count). The Morgan fingerprint density at radius 3 is 2.80 bits per heavy atom. The Kier molecular flexibility index (Phi) is 3.67. The van der Waals surface area contributed by atoms with Gasteiger partial charge in [-0.2, -0.15) is 0 Å². The summed E-state index contributed by atoms with van der Waals surface area (Å²) in [6.07, 6.45) is 5.49. The van der Waals surface area contributed by atoms with Crippen molar-refractivity contribution >= 4 is 22.9 Å². The molecule has 1 aromatic carbocycles. The number of nitrogens with two attached hydrogens (primary N) is 1. The fourth-order valence-electron chi connectivity index (χ4n) is 4.10. The molecule has 108 valence electrons. The van der Waals surface area contributed by atoms with E-state index in [0.717, 1.165) is 23.4 Å². The molecule has 2 aliphatic carbocycles. The monoisotopic (exact) mass is 292 g/mol. The summed E-state index contributed by atoms with van der Waals surface area (Å²) in [5.41, 5.74) is 7.16. The maximum Gasteiger partial charge on any atom is 0.124 e. The fourth-order valence-corrected chi connectivity index (χ4v) is 4.27. The Bertz CT molecular complexity index is 531. The molecule has 3 N–H and O–H groups in total. The summed E-state index contributed by atoms with van der Waals surface area (Å²) in [7, 11) is 0. The maximum absolute atomic E-state index is 13.3. The average Bonchev–Trinajstić information content (AvgIpc) is 3.03. The first-order valence-electron chi connectivity index (χ1n) is 7.40. The molecule has 20 heavy (non-hydrogen) atoms. The first kappa shape index (κ1) is 13.8. The Morgan fingerprint density at radius 2 is 2.20 bits per heavy atom. The minimum atomic E-state index is -0.300. The molecule has 4 unspecified atom stereocenters. The Balaban J connectivity index is 1.76. The number of nitrogens with one attached hydrogen (secondary N) is 1. The molecule has 4 heteroatoms. The minimum Gasteiger partial charge on any atom is -0.389 e. The summed E-state index contributed by atoms with van der Waals surface area (Å²) < 4.78 is 13.3. The van der Waals surface area contributed by atoms with Gasteiger partial charge in [0.15, 0.2) is 0 Å². The highest BCUT2D eigenvalue weighted by atomic mass is 32.1. The van der Waals surface area contributed by atoms with Gasteiger partial charge < -0.3 is 11.1 Å². The van der Waals surface area contributed by atoms with Gasteiger partial charge >= 0.3 is 0 Å². The van der Waals surface area contributed by atoms with Crippen LogP contribution in [0.25, 0.3) is 0 Å².